The SMILES string of the molecule is Cc1nccn1-c1ncccc1CNC(=O)Cc1ccccc1Cl. The second-order valence-electron chi connectivity index (χ2n) is 5.38. The van der Waals surface area contributed by atoms with E-state index >= 15 is 0 Å². The maximum absolute atomic E-state index is 12.2. The number of rotatable bonds is 5. The lowest BCUT2D eigenvalue weighted by Gasteiger charge is -2.11. The van der Waals surface area contributed by atoms with Gasteiger partial charge in [0.05, 0.1) is 6.42 Å². The first-order valence-corrected chi connectivity index (χ1v) is 7.97. The summed E-state index contributed by atoms with van der Waals surface area (Å²) in [5, 5.41) is 3.53. The predicted octanol–water partition coefficient (Wildman–Crippen LogP) is 3.09. The molecule has 0 aliphatic rings. The highest BCUT2D eigenvalue weighted by Crippen LogP contribution is 2.16. The number of carbonyl (C=O) groups is 1. The molecule has 122 valence electrons. The van der Waals surface area contributed by atoms with Crippen molar-refractivity contribution in [1.82, 2.24) is 19.9 Å². The van der Waals surface area contributed by atoms with Crippen molar-refractivity contribution in [3.8, 4) is 5.82 Å². The van der Waals surface area contributed by atoms with Gasteiger partial charge in [-0.05, 0) is 24.6 Å². The molecule has 0 fully saturated rings. The molecular weight excluding hydrogens is 324 g/mol. The summed E-state index contributed by atoms with van der Waals surface area (Å²) in [6.07, 6.45) is 5.56. The lowest BCUT2D eigenvalue weighted by molar-refractivity contribution is -0.120. The molecular formula is C18H17ClN4O. The molecule has 1 amide bonds. The molecule has 0 saturated heterocycles. The van der Waals surface area contributed by atoms with E-state index in [1.54, 1.807) is 18.5 Å². The molecule has 6 heteroatoms. The summed E-state index contributed by atoms with van der Waals surface area (Å²) in [5.74, 6) is 1.53. The summed E-state index contributed by atoms with van der Waals surface area (Å²) in [5.41, 5.74) is 1.74. The van der Waals surface area contributed by atoms with E-state index in [-0.39, 0.29) is 12.3 Å². The van der Waals surface area contributed by atoms with Crippen molar-refractivity contribution >= 4 is 17.5 Å². The van der Waals surface area contributed by atoms with Gasteiger partial charge >= 0.3 is 0 Å². The summed E-state index contributed by atoms with van der Waals surface area (Å²) in [6, 6.07) is 11.1. The Kier molecular flexibility index (Phi) is 4.91. The van der Waals surface area contributed by atoms with Crippen molar-refractivity contribution in [3.05, 3.63) is 77.0 Å². The van der Waals surface area contributed by atoms with Crippen molar-refractivity contribution in [2.24, 2.45) is 0 Å². The molecule has 0 atom stereocenters. The van der Waals surface area contributed by atoms with Crippen LogP contribution in [-0.4, -0.2) is 20.4 Å². The second-order valence-corrected chi connectivity index (χ2v) is 5.78. The first kappa shape index (κ1) is 16.2. The third-order valence-corrected chi connectivity index (χ3v) is 4.08. The minimum absolute atomic E-state index is 0.0831. The number of amides is 1. The Morgan fingerprint density at radius 3 is 2.67 bits per heavy atom. The summed E-state index contributed by atoms with van der Waals surface area (Å²) < 4.78 is 1.90. The van der Waals surface area contributed by atoms with Crippen molar-refractivity contribution < 1.29 is 4.79 Å². The number of nitrogens with zero attached hydrogens (tertiary/aromatic N) is 3. The quantitative estimate of drug-likeness (QED) is 0.776. The van der Waals surface area contributed by atoms with Crippen LogP contribution in [0.2, 0.25) is 5.02 Å². The van der Waals surface area contributed by atoms with Crippen molar-refractivity contribution in [2.45, 2.75) is 19.9 Å². The lowest BCUT2D eigenvalue weighted by atomic mass is 10.1. The molecule has 24 heavy (non-hydrogen) atoms. The Labute approximate surface area is 145 Å². The van der Waals surface area contributed by atoms with Gasteiger partial charge in [0, 0.05) is 35.7 Å². The van der Waals surface area contributed by atoms with Gasteiger partial charge in [-0.25, -0.2) is 9.97 Å². The molecule has 3 rings (SSSR count). The minimum atomic E-state index is -0.0831. The second kappa shape index (κ2) is 7.27. The van der Waals surface area contributed by atoms with Gasteiger partial charge in [-0.1, -0.05) is 35.9 Å². The molecule has 2 heterocycles. The third-order valence-electron chi connectivity index (χ3n) is 3.71. The normalized spacial score (nSPS) is 10.6. The first-order chi connectivity index (χ1) is 11.6. The fourth-order valence-corrected chi connectivity index (χ4v) is 2.66. The topological polar surface area (TPSA) is 59.8 Å². The van der Waals surface area contributed by atoms with Gasteiger partial charge in [0.1, 0.15) is 11.6 Å². The van der Waals surface area contributed by atoms with Crippen LogP contribution in [0.25, 0.3) is 5.82 Å². The van der Waals surface area contributed by atoms with E-state index in [1.165, 1.54) is 0 Å². The van der Waals surface area contributed by atoms with Crippen LogP contribution in [0.1, 0.15) is 17.0 Å². The van der Waals surface area contributed by atoms with E-state index in [9.17, 15) is 4.79 Å². The van der Waals surface area contributed by atoms with Crippen LogP contribution in [0.5, 0.6) is 0 Å². The van der Waals surface area contributed by atoms with Gasteiger partial charge in [0.25, 0.3) is 0 Å². The highest BCUT2D eigenvalue weighted by Gasteiger charge is 2.10. The summed E-state index contributed by atoms with van der Waals surface area (Å²) in [4.78, 5) is 20.8. The molecule has 0 aliphatic carbocycles. The number of nitrogens with one attached hydrogen (secondary N) is 1. The zero-order valence-electron chi connectivity index (χ0n) is 13.2. The number of carbonyl (C=O) groups excluding carboxylic acids is 1. The van der Waals surface area contributed by atoms with Gasteiger partial charge < -0.3 is 5.32 Å². The fraction of sp³-hybridized carbons (Fsp3) is 0.167. The van der Waals surface area contributed by atoms with Crippen molar-refractivity contribution in [1.29, 1.82) is 0 Å². The van der Waals surface area contributed by atoms with Crippen LogP contribution in [0, 0.1) is 6.92 Å². The average molecular weight is 341 g/mol. The number of halogens is 1. The van der Waals surface area contributed by atoms with Crippen LogP contribution < -0.4 is 5.32 Å². The molecule has 0 aliphatic heterocycles. The van der Waals surface area contributed by atoms with E-state index in [0.29, 0.717) is 11.6 Å². The highest BCUT2D eigenvalue weighted by molar-refractivity contribution is 6.31. The first-order valence-electron chi connectivity index (χ1n) is 7.59. The number of benzene rings is 1. The Bertz CT molecular complexity index is 859. The van der Waals surface area contributed by atoms with E-state index < -0.39 is 0 Å². The average Bonchev–Trinajstić information content (AvgIpc) is 3.01. The smallest absolute Gasteiger partial charge is 0.224 e. The molecule has 1 N–H and O–H groups in total. The van der Waals surface area contributed by atoms with Gasteiger partial charge in [0.15, 0.2) is 0 Å². The number of imidazole rings is 1. The lowest BCUT2D eigenvalue weighted by Crippen LogP contribution is -2.25. The Morgan fingerprint density at radius 2 is 1.92 bits per heavy atom. The summed E-state index contributed by atoms with van der Waals surface area (Å²) in [6.45, 7) is 2.30. The fourth-order valence-electron chi connectivity index (χ4n) is 2.46. The predicted molar refractivity (Wildman–Crippen MR) is 93.1 cm³/mol. The highest BCUT2D eigenvalue weighted by atomic mass is 35.5. The molecule has 1 aromatic carbocycles. The molecule has 3 aromatic rings. The van der Waals surface area contributed by atoms with Gasteiger partial charge in [-0.15, -0.1) is 0 Å². The van der Waals surface area contributed by atoms with Gasteiger partial charge in [-0.2, -0.15) is 0 Å². The van der Waals surface area contributed by atoms with Crippen LogP contribution in [0.3, 0.4) is 0 Å². The number of aromatic nitrogens is 3. The van der Waals surface area contributed by atoms with Crippen molar-refractivity contribution in [2.75, 3.05) is 0 Å². The molecule has 2 aromatic heterocycles. The van der Waals surface area contributed by atoms with Crippen molar-refractivity contribution in [3.63, 3.8) is 0 Å². The zero-order chi connectivity index (χ0) is 16.9. The summed E-state index contributed by atoms with van der Waals surface area (Å²) in [7, 11) is 0. The van der Waals surface area contributed by atoms with E-state index in [0.717, 1.165) is 22.8 Å². The largest absolute Gasteiger partial charge is 0.352 e. The monoisotopic (exact) mass is 340 g/mol. The van der Waals surface area contributed by atoms with Gasteiger partial charge in [0.2, 0.25) is 5.91 Å². The number of hydrogen-bond acceptors (Lipinski definition) is 3. The van der Waals surface area contributed by atoms with Crippen LogP contribution >= 0.6 is 11.6 Å². The maximum Gasteiger partial charge on any atom is 0.224 e. The Balaban J connectivity index is 1.70. The van der Waals surface area contributed by atoms with Crippen LogP contribution in [-0.2, 0) is 17.8 Å². The van der Waals surface area contributed by atoms with Crippen LogP contribution in [0.15, 0.2) is 55.0 Å². The van der Waals surface area contributed by atoms with E-state index in [2.05, 4.69) is 15.3 Å². The van der Waals surface area contributed by atoms with Gasteiger partial charge in [-0.3, -0.25) is 9.36 Å². The maximum atomic E-state index is 12.2. The molecule has 5 nitrogen and oxygen atoms in total. The molecule has 0 unspecified atom stereocenters. The zero-order valence-corrected chi connectivity index (χ0v) is 14.0. The molecule has 0 spiro atoms. The van der Waals surface area contributed by atoms with Crippen LogP contribution in [0.4, 0.5) is 0 Å². The number of hydrogen-bond donors (Lipinski definition) is 1. The summed E-state index contributed by atoms with van der Waals surface area (Å²) >= 11 is 6.10. The minimum Gasteiger partial charge on any atom is -0.352 e. The molecule has 0 radical (unpaired) electrons. The number of pyridine rings is 1. The molecule has 0 bridgehead atoms. The van der Waals surface area contributed by atoms with E-state index in [1.807, 2.05) is 48.0 Å². The standard InChI is InChI=1S/C18H17ClN4O/c1-13-20-9-10-23(13)18-15(6-4-8-21-18)12-22-17(24)11-14-5-2-3-7-16(14)19/h2-10H,11-12H2,1H3,(H,22,24). The van der Waals surface area contributed by atoms with E-state index in [4.69, 9.17) is 11.6 Å². The third kappa shape index (κ3) is 3.63. The Morgan fingerprint density at radius 1 is 1.12 bits per heavy atom. The molecule has 0 saturated carbocycles. The Hall–Kier alpha value is -2.66. The number of aryl methyl sites for hydroxylation is 1.